The van der Waals surface area contributed by atoms with E-state index in [1.54, 1.807) is 18.1 Å². The second-order valence-electron chi connectivity index (χ2n) is 4.44. The molecule has 1 amide bonds. The summed E-state index contributed by atoms with van der Waals surface area (Å²) in [5, 5.41) is 8.90. The first-order valence-electron chi connectivity index (χ1n) is 5.81. The zero-order valence-corrected chi connectivity index (χ0v) is 11.9. The SMILES string of the molecule is COC1CC(CC(=O)O)N(C(=O)c2coc(Br)c2)C1. The highest BCUT2D eigenvalue weighted by Crippen LogP contribution is 2.26. The summed E-state index contributed by atoms with van der Waals surface area (Å²) in [6, 6.07) is 1.23. The molecule has 104 valence electrons. The lowest BCUT2D eigenvalue weighted by molar-refractivity contribution is -0.137. The van der Waals surface area contributed by atoms with Gasteiger partial charge in [0.05, 0.1) is 18.1 Å². The number of halogens is 1. The second kappa shape index (κ2) is 5.75. The number of amides is 1. The Morgan fingerprint density at radius 2 is 2.37 bits per heavy atom. The number of carbonyl (C=O) groups excluding carboxylic acids is 1. The van der Waals surface area contributed by atoms with Crippen LogP contribution in [0.15, 0.2) is 21.4 Å². The Hall–Kier alpha value is -1.34. The van der Waals surface area contributed by atoms with Gasteiger partial charge in [-0.15, -0.1) is 0 Å². The standard InChI is InChI=1S/C12H14BrNO5/c1-18-9-3-8(4-11(15)16)14(5-9)12(17)7-2-10(13)19-6-7/h2,6,8-9H,3-5H2,1H3,(H,15,16). The van der Waals surface area contributed by atoms with Gasteiger partial charge in [0.15, 0.2) is 4.67 Å². The number of carbonyl (C=O) groups is 2. The third-order valence-electron chi connectivity index (χ3n) is 3.19. The number of ether oxygens (including phenoxy) is 1. The van der Waals surface area contributed by atoms with E-state index in [-0.39, 0.29) is 24.5 Å². The van der Waals surface area contributed by atoms with Crippen LogP contribution in [-0.4, -0.2) is 47.7 Å². The van der Waals surface area contributed by atoms with Crippen molar-refractivity contribution in [2.75, 3.05) is 13.7 Å². The summed E-state index contributed by atoms with van der Waals surface area (Å²) >= 11 is 3.13. The Kier molecular flexibility index (Phi) is 4.26. The third kappa shape index (κ3) is 3.16. The van der Waals surface area contributed by atoms with E-state index in [1.807, 2.05) is 0 Å². The normalized spacial score (nSPS) is 22.7. The van der Waals surface area contributed by atoms with Crippen LogP contribution in [0.3, 0.4) is 0 Å². The summed E-state index contributed by atoms with van der Waals surface area (Å²) in [6.07, 6.45) is 1.69. The minimum absolute atomic E-state index is 0.0787. The van der Waals surface area contributed by atoms with Crippen molar-refractivity contribution in [3.05, 3.63) is 22.6 Å². The van der Waals surface area contributed by atoms with E-state index in [4.69, 9.17) is 14.3 Å². The average Bonchev–Trinajstić information content (AvgIpc) is 2.94. The Morgan fingerprint density at radius 1 is 1.63 bits per heavy atom. The topological polar surface area (TPSA) is 80.0 Å². The zero-order valence-electron chi connectivity index (χ0n) is 10.3. The molecule has 0 bridgehead atoms. The van der Waals surface area contributed by atoms with Crippen molar-refractivity contribution in [1.29, 1.82) is 0 Å². The number of aliphatic carboxylic acids is 1. The van der Waals surface area contributed by atoms with Gasteiger partial charge in [-0.25, -0.2) is 0 Å². The maximum Gasteiger partial charge on any atom is 0.305 e. The number of carboxylic acid groups (broad SMARTS) is 1. The first-order valence-corrected chi connectivity index (χ1v) is 6.60. The van der Waals surface area contributed by atoms with E-state index in [2.05, 4.69) is 15.9 Å². The smallest absolute Gasteiger partial charge is 0.305 e. The predicted molar refractivity (Wildman–Crippen MR) is 68.9 cm³/mol. The highest BCUT2D eigenvalue weighted by molar-refractivity contribution is 9.10. The molecular weight excluding hydrogens is 318 g/mol. The van der Waals surface area contributed by atoms with Gasteiger partial charge < -0.3 is 19.2 Å². The fraction of sp³-hybridized carbons (Fsp3) is 0.500. The molecule has 1 aromatic heterocycles. The van der Waals surface area contributed by atoms with Crippen LogP contribution in [-0.2, 0) is 9.53 Å². The highest BCUT2D eigenvalue weighted by atomic mass is 79.9. The first-order chi connectivity index (χ1) is 9.01. The molecule has 1 aliphatic rings. The van der Waals surface area contributed by atoms with Gasteiger partial charge in [0.1, 0.15) is 6.26 Å². The summed E-state index contributed by atoms with van der Waals surface area (Å²) in [6.45, 7) is 0.399. The molecule has 1 fully saturated rings. The van der Waals surface area contributed by atoms with E-state index < -0.39 is 5.97 Å². The predicted octanol–water partition coefficient (Wildman–Crippen LogP) is 1.75. The molecule has 0 aliphatic carbocycles. The number of carboxylic acids is 1. The molecule has 2 unspecified atom stereocenters. The van der Waals surface area contributed by atoms with Gasteiger partial charge in [0.25, 0.3) is 5.91 Å². The first kappa shape index (κ1) is 14.1. The van der Waals surface area contributed by atoms with E-state index in [0.29, 0.717) is 23.2 Å². The van der Waals surface area contributed by atoms with Crippen LogP contribution in [0.5, 0.6) is 0 Å². The number of methoxy groups -OCH3 is 1. The van der Waals surface area contributed by atoms with Crippen LogP contribution >= 0.6 is 15.9 Å². The Morgan fingerprint density at radius 3 is 2.89 bits per heavy atom. The van der Waals surface area contributed by atoms with E-state index in [1.165, 1.54) is 6.26 Å². The number of likely N-dealkylation sites (tertiary alicyclic amines) is 1. The van der Waals surface area contributed by atoms with Gasteiger partial charge >= 0.3 is 5.97 Å². The summed E-state index contributed by atoms with van der Waals surface area (Å²) in [5.41, 5.74) is 0.402. The molecular formula is C12H14BrNO5. The number of furan rings is 1. The molecule has 2 rings (SSSR count). The zero-order chi connectivity index (χ0) is 14.0. The molecule has 19 heavy (non-hydrogen) atoms. The molecule has 1 saturated heterocycles. The van der Waals surface area contributed by atoms with Crippen molar-refractivity contribution in [2.45, 2.75) is 25.0 Å². The number of rotatable bonds is 4. The van der Waals surface area contributed by atoms with Crippen LogP contribution in [0.2, 0.25) is 0 Å². The molecule has 0 saturated carbocycles. The summed E-state index contributed by atoms with van der Waals surface area (Å²) in [4.78, 5) is 24.7. The summed E-state index contributed by atoms with van der Waals surface area (Å²) in [7, 11) is 1.56. The fourth-order valence-electron chi connectivity index (χ4n) is 2.28. The van der Waals surface area contributed by atoms with Crippen molar-refractivity contribution in [2.24, 2.45) is 0 Å². The number of hydrogen-bond donors (Lipinski definition) is 1. The largest absolute Gasteiger partial charge is 0.481 e. The maximum absolute atomic E-state index is 12.3. The Bertz CT molecular complexity index is 486. The fourth-order valence-corrected chi connectivity index (χ4v) is 2.62. The maximum atomic E-state index is 12.3. The van der Waals surface area contributed by atoms with Crippen LogP contribution in [0.1, 0.15) is 23.2 Å². The van der Waals surface area contributed by atoms with Crippen LogP contribution in [0, 0.1) is 0 Å². The van der Waals surface area contributed by atoms with Gasteiger partial charge in [0, 0.05) is 25.8 Å². The second-order valence-corrected chi connectivity index (χ2v) is 5.22. The molecule has 0 radical (unpaired) electrons. The lowest BCUT2D eigenvalue weighted by atomic mass is 10.1. The number of hydrogen-bond acceptors (Lipinski definition) is 4. The van der Waals surface area contributed by atoms with Crippen molar-refractivity contribution >= 4 is 27.8 Å². The monoisotopic (exact) mass is 331 g/mol. The molecule has 1 aliphatic heterocycles. The van der Waals surface area contributed by atoms with Gasteiger partial charge in [-0.2, -0.15) is 0 Å². The minimum Gasteiger partial charge on any atom is -0.481 e. The Balaban J connectivity index is 2.15. The van der Waals surface area contributed by atoms with E-state index in [0.717, 1.165) is 0 Å². The van der Waals surface area contributed by atoms with Crippen molar-refractivity contribution < 1.29 is 23.8 Å². The van der Waals surface area contributed by atoms with E-state index in [9.17, 15) is 9.59 Å². The van der Waals surface area contributed by atoms with E-state index >= 15 is 0 Å². The van der Waals surface area contributed by atoms with Crippen molar-refractivity contribution in [3.63, 3.8) is 0 Å². The highest BCUT2D eigenvalue weighted by Gasteiger charge is 2.37. The van der Waals surface area contributed by atoms with Crippen molar-refractivity contribution in [1.82, 2.24) is 4.90 Å². The minimum atomic E-state index is -0.923. The average molecular weight is 332 g/mol. The van der Waals surface area contributed by atoms with Crippen LogP contribution in [0.25, 0.3) is 0 Å². The third-order valence-corrected chi connectivity index (χ3v) is 3.61. The van der Waals surface area contributed by atoms with Crippen LogP contribution < -0.4 is 0 Å². The van der Waals surface area contributed by atoms with Crippen LogP contribution in [0.4, 0.5) is 0 Å². The van der Waals surface area contributed by atoms with Gasteiger partial charge in [0.2, 0.25) is 0 Å². The molecule has 2 heterocycles. The van der Waals surface area contributed by atoms with Gasteiger partial charge in [-0.05, 0) is 22.4 Å². The molecule has 1 N–H and O–H groups in total. The molecule has 0 aromatic carbocycles. The summed E-state index contributed by atoms with van der Waals surface area (Å²) in [5.74, 6) is -1.16. The van der Waals surface area contributed by atoms with Crippen molar-refractivity contribution in [3.8, 4) is 0 Å². The van der Waals surface area contributed by atoms with Gasteiger partial charge in [-0.1, -0.05) is 0 Å². The lowest BCUT2D eigenvalue weighted by Crippen LogP contribution is -2.37. The molecule has 2 atom stereocenters. The number of nitrogens with zero attached hydrogens (tertiary/aromatic N) is 1. The molecule has 6 nitrogen and oxygen atoms in total. The molecule has 7 heteroatoms. The Labute approximate surface area is 118 Å². The molecule has 0 spiro atoms. The lowest BCUT2D eigenvalue weighted by Gasteiger charge is -2.22. The summed E-state index contributed by atoms with van der Waals surface area (Å²) < 4.78 is 10.7. The quantitative estimate of drug-likeness (QED) is 0.909. The van der Waals surface area contributed by atoms with Gasteiger partial charge in [-0.3, -0.25) is 9.59 Å². The molecule has 1 aromatic rings.